The van der Waals surface area contributed by atoms with Gasteiger partial charge in [-0.1, -0.05) is 12.1 Å². The molecule has 152 valence electrons. The van der Waals surface area contributed by atoms with Crippen molar-refractivity contribution in [2.75, 3.05) is 13.6 Å². The van der Waals surface area contributed by atoms with Crippen molar-refractivity contribution in [1.82, 2.24) is 10.2 Å². The van der Waals surface area contributed by atoms with Gasteiger partial charge < -0.3 is 16.0 Å². The fourth-order valence-electron chi connectivity index (χ4n) is 6.09. The number of likely N-dealkylation sites (N-methyl/N-ethyl adjacent to an activating group) is 1. The first-order valence-electron chi connectivity index (χ1n) is 10.7. The van der Waals surface area contributed by atoms with E-state index in [1.165, 1.54) is 19.3 Å². The third-order valence-corrected chi connectivity index (χ3v) is 7.50. The van der Waals surface area contributed by atoms with E-state index in [1.54, 1.807) is 11.9 Å². The van der Waals surface area contributed by atoms with Crippen LogP contribution in [-0.2, 0) is 11.3 Å². The lowest BCUT2D eigenvalue weighted by Crippen LogP contribution is -2.53. The van der Waals surface area contributed by atoms with Gasteiger partial charge >= 0.3 is 0 Å². The van der Waals surface area contributed by atoms with Crippen LogP contribution in [0, 0.1) is 23.2 Å². The first kappa shape index (κ1) is 19.4. The molecule has 2 amide bonds. The van der Waals surface area contributed by atoms with Crippen LogP contribution in [0.2, 0.25) is 0 Å². The van der Waals surface area contributed by atoms with E-state index in [0.717, 1.165) is 42.6 Å². The fraction of sp³-hybridized carbons (Fsp3) is 0.652. The monoisotopic (exact) mass is 383 g/mol. The van der Waals surface area contributed by atoms with E-state index in [9.17, 15) is 9.59 Å². The largest absolute Gasteiger partial charge is 0.352 e. The van der Waals surface area contributed by atoms with Crippen LogP contribution in [0.5, 0.6) is 0 Å². The SMILES string of the molecule is CC(CN)N(C)C(=O)c1ccc(CNC(=O)C23CC4CC(CC(C4)C2)C3)cc1. The molecular weight excluding hydrogens is 350 g/mol. The Morgan fingerprint density at radius 2 is 1.64 bits per heavy atom. The molecule has 0 aromatic heterocycles. The van der Waals surface area contributed by atoms with Crippen molar-refractivity contribution in [3.8, 4) is 0 Å². The quantitative estimate of drug-likeness (QED) is 0.793. The van der Waals surface area contributed by atoms with Crippen LogP contribution in [0.15, 0.2) is 24.3 Å². The number of carbonyl (C=O) groups is 2. The first-order valence-corrected chi connectivity index (χ1v) is 10.7. The van der Waals surface area contributed by atoms with E-state index < -0.39 is 0 Å². The summed E-state index contributed by atoms with van der Waals surface area (Å²) in [5.41, 5.74) is 7.23. The Labute approximate surface area is 168 Å². The molecule has 1 aromatic carbocycles. The lowest BCUT2D eigenvalue weighted by Gasteiger charge is -2.55. The predicted molar refractivity (Wildman–Crippen MR) is 110 cm³/mol. The van der Waals surface area contributed by atoms with E-state index >= 15 is 0 Å². The van der Waals surface area contributed by atoms with Gasteiger partial charge in [0.1, 0.15) is 0 Å². The smallest absolute Gasteiger partial charge is 0.253 e. The topological polar surface area (TPSA) is 75.4 Å². The van der Waals surface area contributed by atoms with Gasteiger partial charge in [0.15, 0.2) is 0 Å². The Kier molecular flexibility index (Phi) is 5.21. The van der Waals surface area contributed by atoms with Crippen molar-refractivity contribution in [2.24, 2.45) is 28.9 Å². The Bertz CT molecular complexity index is 707. The summed E-state index contributed by atoms with van der Waals surface area (Å²) in [5, 5.41) is 3.20. The number of rotatable bonds is 6. The highest BCUT2D eigenvalue weighted by atomic mass is 16.2. The Morgan fingerprint density at radius 1 is 1.11 bits per heavy atom. The average molecular weight is 384 g/mol. The number of carbonyl (C=O) groups excluding carboxylic acids is 2. The lowest BCUT2D eigenvalue weighted by molar-refractivity contribution is -0.146. The maximum atomic E-state index is 13.1. The Morgan fingerprint density at radius 3 is 2.14 bits per heavy atom. The van der Waals surface area contributed by atoms with Crippen LogP contribution < -0.4 is 11.1 Å². The summed E-state index contributed by atoms with van der Waals surface area (Å²) in [6, 6.07) is 7.57. The van der Waals surface area contributed by atoms with Gasteiger partial charge in [0.25, 0.3) is 5.91 Å². The maximum Gasteiger partial charge on any atom is 0.253 e. The molecule has 4 saturated carbocycles. The molecule has 0 heterocycles. The molecule has 5 rings (SSSR count). The van der Waals surface area contributed by atoms with E-state index in [-0.39, 0.29) is 23.3 Å². The van der Waals surface area contributed by atoms with Gasteiger partial charge in [0.2, 0.25) is 5.91 Å². The van der Waals surface area contributed by atoms with Crippen molar-refractivity contribution < 1.29 is 9.59 Å². The molecule has 4 aliphatic carbocycles. The molecular formula is C23H33N3O2. The number of nitrogens with one attached hydrogen (secondary N) is 1. The van der Waals surface area contributed by atoms with E-state index in [2.05, 4.69) is 5.32 Å². The zero-order chi connectivity index (χ0) is 19.9. The van der Waals surface area contributed by atoms with Crippen molar-refractivity contribution in [2.45, 2.75) is 58.0 Å². The molecule has 1 atom stereocenters. The number of nitrogens with zero attached hydrogens (tertiary/aromatic N) is 1. The molecule has 1 unspecified atom stereocenters. The molecule has 5 heteroatoms. The minimum atomic E-state index is -0.105. The van der Waals surface area contributed by atoms with E-state index in [4.69, 9.17) is 5.73 Å². The molecule has 28 heavy (non-hydrogen) atoms. The molecule has 4 aliphatic rings. The number of hydrogen-bond donors (Lipinski definition) is 2. The van der Waals surface area contributed by atoms with Gasteiger partial charge in [0, 0.05) is 37.2 Å². The summed E-state index contributed by atoms with van der Waals surface area (Å²) >= 11 is 0. The van der Waals surface area contributed by atoms with Gasteiger partial charge in [-0.25, -0.2) is 0 Å². The highest BCUT2D eigenvalue weighted by Crippen LogP contribution is 2.60. The summed E-state index contributed by atoms with van der Waals surface area (Å²) in [6.07, 6.45) is 7.30. The summed E-state index contributed by atoms with van der Waals surface area (Å²) in [6.45, 7) is 2.91. The standard InChI is InChI=1S/C23H33N3O2/c1-15(13-24)26(2)21(27)20-5-3-16(4-6-20)14-25-22(28)23-10-17-7-18(11-23)9-19(8-17)12-23/h3-6,15,17-19H,7-14,24H2,1-2H3,(H,25,28). The summed E-state index contributed by atoms with van der Waals surface area (Å²) < 4.78 is 0. The second kappa shape index (κ2) is 7.51. The summed E-state index contributed by atoms with van der Waals surface area (Å²) in [4.78, 5) is 27.2. The van der Waals surface area contributed by atoms with Gasteiger partial charge in [0.05, 0.1) is 0 Å². The molecule has 4 fully saturated rings. The van der Waals surface area contributed by atoms with Crippen LogP contribution >= 0.6 is 0 Å². The number of nitrogens with two attached hydrogens (primary N) is 1. The molecule has 1 aromatic rings. The van der Waals surface area contributed by atoms with Gasteiger partial charge in [-0.2, -0.15) is 0 Å². The van der Waals surface area contributed by atoms with Crippen molar-refractivity contribution in [3.63, 3.8) is 0 Å². The van der Waals surface area contributed by atoms with E-state index in [1.807, 2.05) is 31.2 Å². The molecule has 0 spiro atoms. The Balaban J connectivity index is 1.35. The van der Waals surface area contributed by atoms with E-state index in [0.29, 0.717) is 18.7 Å². The fourth-order valence-corrected chi connectivity index (χ4v) is 6.09. The highest BCUT2D eigenvalue weighted by molar-refractivity contribution is 5.94. The van der Waals surface area contributed by atoms with Gasteiger partial charge in [-0.3, -0.25) is 9.59 Å². The van der Waals surface area contributed by atoms with Crippen LogP contribution in [0.25, 0.3) is 0 Å². The predicted octanol–water partition coefficient (Wildman–Crippen LogP) is 2.94. The van der Waals surface area contributed by atoms with Crippen molar-refractivity contribution >= 4 is 11.8 Å². The third kappa shape index (κ3) is 3.57. The number of hydrogen-bond acceptors (Lipinski definition) is 3. The van der Waals surface area contributed by atoms with Crippen molar-refractivity contribution in [3.05, 3.63) is 35.4 Å². The molecule has 4 bridgehead atoms. The second-order valence-electron chi connectivity index (χ2n) is 9.58. The minimum absolute atomic E-state index is 0.00625. The molecule has 3 N–H and O–H groups in total. The van der Waals surface area contributed by atoms with Crippen LogP contribution in [0.4, 0.5) is 0 Å². The third-order valence-electron chi connectivity index (χ3n) is 7.50. The summed E-state index contributed by atoms with van der Waals surface area (Å²) in [5.74, 6) is 2.55. The van der Waals surface area contributed by atoms with Crippen LogP contribution in [0.1, 0.15) is 61.4 Å². The second-order valence-corrected chi connectivity index (χ2v) is 9.58. The van der Waals surface area contributed by atoms with Gasteiger partial charge in [-0.05, 0) is 80.9 Å². The van der Waals surface area contributed by atoms with Crippen LogP contribution in [0.3, 0.4) is 0 Å². The van der Waals surface area contributed by atoms with Crippen LogP contribution in [-0.4, -0.2) is 36.3 Å². The maximum absolute atomic E-state index is 13.1. The Hall–Kier alpha value is -1.88. The number of amides is 2. The molecule has 0 saturated heterocycles. The first-order chi connectivity index (χ1) is 13.4. The molecule has 0 aliphatic heterocycles. The van der Waals surface area contributed by atoms with Gasteiger partial charge in [-0.15, -0.1) is 0 Å². The zero-order valence-corrected chi connectivity index (χ0v) is 17.1. The average Bonchev–Trinajstić information content (AvgIpc) is 2.69. The lowest BCUT2D eigenvalue weighted by atomic mass is 9.49. The number of benzene rings is 1. The highest BCUT2D eigenvalue weighted by Gasteiger charge is 2.54. The zero-order valence-electron chi connectivity index (χ0n) is 17.1. The molecule has 0 radical (unpaired) electrons. The van der Waals surface area contributed by atoms with Crippen molar-refractivity contribution in [1.29, 1.82) is 0 Å². The molecule has 5 nitrogen and oxygen atoms in total. The normalized spacial score (nSPS) is 31.5. The minimum Gasteiger partial charge on any atom is -0.352 e. The summed E-state index contributed by atoms with van der Waals surface area (Å²) in [7, 11) is 1.78.